The van der Waals surface area contributed by atoms with Crippen LogP contribution in [-0.2, 0) is 13.1 Å². The Morgan fingerprint density at radius 3 is 2.43 bits per heavy atom. The third-order valence-corrected chi connectivity index (χ3v) is 6.11. The fourth-order valence-electron chi connectivity index (χ4n) is 3.54. The number of aliphatic imine (C=N–C) groups is 1. The van der Waals surface area contributed by atoms with Gasteiger partial charge in [0.2, 0.25) is 0 Å². The van der Waals surface area contributed by atoms with E-state index >= 15 is 0 Å². The van der Waals surface area contributed by atoms with E-state index in [2.05, 4.69) is 50.1 Å². The molecule has 0 bridgehead atoms. The van der Waals surface area contributed by atoms with Crippen LogP contribution in [0.25, 0.3) is 0 Å². The Bertz CT molecular complexity index is 782. The number of nitrogens with one attached hydrogen (secondary N) is 3. The average molecular weight is 428 g/mol. The molecule has 2 heterocycles. The van der Waals surface area contributed by atoms with E-state index in [0.29, 0.717) is 6.54 Å². The third-order valence-electron chi connectivity index (χ3n) is 5.24. The predicted octanol–water partition coefficient (Wildman–Crippen LogP) is 3.22. The zero-order valence-corrected chi connectivity index (χ0v) is 18.6. The first-order valence-corrected chi connectivity index (χ1v) is 11.7. The number of amides is 1. The number of nitrogens with zero attached hydrogens (tertiary/aromatic N) is 2. The van der Waals surface area contributed by atoms with Gasteiger partial charge < -0.3 is 16.0 Å². The first kappa shape index (κ1) is 22.3. The van der Waals surface area contributed by atoms with Crippen LogP contribution in [0, 0.1) is 0 Å². The van der Waals surface area contributed by atoms with Gasteiger partial charge in [-0.2, -0.15) is 0 Å². The summed E-state index contributed by atoms with van der Waals surface area (Å²) in [5.41, 5.74) is 2.62. The van der Waals surface area contributed by atoms with Crippen molar-refractivity contribution >= 4 is 23.2 Å². The van der Waals surface area contributed by atoms with Crippen molar-refractivity contribution in [2.75, 3.05) is 33.2 Å². The lowest BCUT2D eigenvalue weighted by Gasteiger charge is -2.26. The molecule has 1 fully saturated rings. The molecule has 0 atom stereocenters. The van der Waals surface area contributed by atoms with E-state index in [1.807, 2.05) is 17.5 Å². The average Bonchev–Trinajstić information content (AvgIpc) is 3.32. The molecule has 0 radical (unpaired) electrons. The largest absolute Gasteiger partial charge is 0.356 e. The van der Waals surface area contributed by atoms with E-state index in [0.717, 1.165) is 36.9 Å². The fourth-order valence-corrected chi connectivity index (χ4v) is 4.18. The summed E-state index contributed by atoms with van der Waals surface area (Å²) in [6, 6.07) is 12.6. The molecule has 3 rings (SSSR count). The fraction of sp³-hybridized carbons (Fsp3) is 0.478. The summed E-state index contributed by atoms with van der Waals surface area (Å²) in [5, 5.41) is 11.5. The lowest BCUT2D eigenvalue weighted by atomic mass is 10.1. The molecule has 6 nitrogen and oxygen atoms in total. The van der Waals surface area contributed by atoms with Crippen LogP contribution in [-0.4, -0.2) is 50.0 Å². The van der Waals surface area contributed by atoms with Crippen LogP contribution in [0.5, 0.6) is 0 Å². The molecule has 2 aromatic rings. The van der Waals surface area contributed by atoms with Gasteiger partial charge in [-0.15, -0.1) is 11.3 Å². The van der Waals surface area contributed by atoms with Gasteiger partial charge in [-0.1, -0.05) is 36.8 Å². The molecule has 1 aromatic carbocycles. The Hall–Kier alpha value is -2.38. The summed E-state index contributed by atoms with van der Waals surface area (Å²) in [6.07, 6.45) is 4.87. The van der Waals surface area contributed by atoms with Gasteiger partial charge in [-0.25, -0.2) is 0 Å². The van der Waals surface area contributed by atoms with E-state index in [9.17, 15) is 4.79 Å². The summed E-state index contributed by atoms with van der Waals surface area (Å²) in [5.74, 6) is 0.771. The molecule has 1 aliphatic heterocycles. The number of likely N-dealkylation sites (tertiary alicyclic amines) is 1. The topological polar surface area (TPSA) is 68.8 Å². The van der Waals surface area contributed by atoms with Crippen molar-refractivity contribution in [1.29, 1.82) is 0 Å². The number of rotatable bonds is 9. The number of hydrogen-bond acceptors (Lipinski definition) is 4. The predicted molar refractivity (Wildman–Crippen MR) is 125 cm³/mol. The van der Waals surface area contributed by atoms with Crippen molar-refractivity contribution in [3.63, 3.8) is 0 Å². The summed E-state index contributed by atoms with van der Waals surface area (Å²) in [6.45, 7) is 5.63. The first-order chi connectivity index (χ1) is 14.7. The highest BCUT2D eigenvalue weighted by Gasteiger charge is 2.10. The molecule has 3 N–H and O–H groups in total. The van der Waals surface area contributed by atoms with Crippen molar-refractivity contribution < 1.29 is 4.79 Å². The Kier molecular flexibility index (Phi) is 9.18. The number of guanidine groups is 1. The van der Waals surface area contributed by atoms with Crippen molar-refractivity contribution in [2.45, 2.75) is 38.8 Å². The van der Waals surface area contributed by atoms with Gasteiger partial charge in [0.15, 0.2) is 5.96 Å². The zero-order valence-electron chi connectivity index (χ0n) is 17.8. The van der Waals surface area contributed by atoms with Crippen LogP contribution in [0.4, 0.5) is 0 Å². The number of hydrogen-bond donors (Lipinski definition) is 3. The van der Waals surface area contributed by atoms with Gasteiger partial charge in [-0.3, -0.25) is 14.7 Å². The molecule has 0 aliphatic carbocycles. The quantitative estimate of drug-likeness (QED) is 0.327. The first-order valence-electron chi connectivity index (χ1n) is 10.8. The number of carbonyl (C=O) groups excluding carboxylic acids is 1. The van der Waals surface area contributed by atoms with Gasteiger partial charge in [0.1, 0.15) is 0 Å². The lowest BCUT2D eigenvalue weighted by molar-refractivity contribution is 0.0957. The Morgan fingerprint density at radius 1 is 1.00 bits per heavy atom. The van der Waals surface area contributed by atoms with Gasteiger partial charge >= 0.3 is 0 Å². The highest BCUT2D eigenvalue weighted by molar-refractivity contribution is 7.12. The lowest BCUT2D eigenvalue weighted by Crippen LogP contribution is -2.38. The Labute approximate surface area is 183 Å². The van der Waals surface area contributed by atoms with Gasteiger partial charge in [0.25, 0.3) is 5.91 Å². The molecular weight excluding hydrogens is 394 g/mol. The van der Waals surface area contributed by atoms with Crippen LogP contribution in [0.2, 0.25) is 0 Å². The minimum Gasteiger partial charge on any atom is -0.356 e. The van der Waals surface area contributed by atoms with Gasteiger partial charge in [0, 0.05) is 33.2 Å². The number of piperidine rings is 1. The van der Waals surface area contributed by atoms with Crippen LogP contribution >= 0.6 is 11.3 Å². The van der Waals surface area contributed by atoms with Crippen molar-refractivity contribution in [1.82, 2.24) is 20.9 Å². The van der Waals surface area contributed by atoms with Crippen LogP contribution in [0.1, 0.15) is 46.5 Å². The van der Waals surface area contributed by atoms with Crippen molar-refractivity contribution in [3.05, 3.63) is 57.8 Å². The molecule has 1 saturated heterocycles. The summed E-state index contributed by atoms with van der Waals surface area (Å²) in [4.78, 5) is 19.5. The number of benzene rings is 1. The molecule has 0 saturated carbocycles. The highest BCUT2D eigenvalue weighted by Crippen LogP contribution is 2.13. The Morgan fingerprint density at radius 2 is 1.73 bits per heavy atom. The zero-order chi connectivity index (χ0) is 21.0. The maximum Gasteiger partial charge on any atom is 0.261 e. The van der Waals surface area contributed by atoms with Gasteiger partial charge in [-0.05, 0) is 54.9 Å². The number of carbonyl (C=O) groups is 1. The van der Waals surface area contributed by atoms with Crippen molar-refractivity contribution in [3.8, 4) is 0 Å². The molecule has 0 unspecified atom stereocenters. The standard InChI is InChI=1S/C23H33N5OS/c1-24-23(26-13-6-12-25-22(29)21-7-5-16-30-21)27-17-19-8-10-20(11-9-19)18-28-14-3-2-4-15-28/h5,7-11,16H,2-4,6,12-15,17-18H2,1H3,(H,25,29)(H2,24,26,27). The molecular formula is C23H33N5OS. The third kappa shape index (κ3) is 7.46. The van der Waals surface area contributed by atoms with Crippen LogP contribution < -0.4 is 16.0 Å². The summed E-state index contributed by atoms with van der Waals surface area (Å²) < 4.78 is 0. The molecule has 1 aliphatic rings. The number of thiophene rings is 1. The highest BCUT2D eigenvalue weighted by atomic mass is 32.1. The van der Waals surface area contributed by atoms with Crippen LogP contribution in [0.15, 0.2) is 46.8 Å². The van der Waals surface area contributed by atoms with Crippen LogP contribution in [0.3, 0.4) is 0 Å². The van der Waals surface area contributed by atoms with E-state index in [1.54, 1.807) is 7.05 Å². The maximum atomic E-state index is 11.9. The minimum atomic E-state index is -0.00348. The molecule has 30 heavy (non-hydrogen) atoms. The summed E-state index contributed by atoms with van der Waals surface area (Å²) >= 11 is 1.46. The normalized spacial score (nSPS) is 15.0. The smallest absolute Gasteiger partial charge is 0.261 e. The molecule has 0 spiro atoms. The maximum absolute atomic E-state index is 11.9. The second-order valence-electron chi connectivity index (χ2n) is 7.59. The van der Waals surface area contributed by atoms with E-state index < -0.39 is 0 Å². The summed E-state index contributed by atoms with van der Waals surface area (Å²) in [7, 11) is 1.77. The molecule has 162 valence electrons. The second-order valence-corrected chi connectivity index (χ2v) is 8.54. The minimum absolute atomic E-state index is 0.00348. The monoisotopic (exact) mass is 427 g/mol. The van der Waals surface area contributed by atoms with E-state index in [1.165, 1.54) is 54.8 Å². The molecule has 1 aromatic heterocycles. The van der Waals surface area contributed by atoms with Crippen molar-refractivity contribution in [2.24, 2.45) is 4.99 Å². The Balaban J connectivity index is 1.31. The van der Waals surface area contributed by atoms with Gasteiger partial charge in [0.05, 0.1) is 4.88 Å². The van der Waals surface area contributed by atoms with E-state index in [-0.39, 0.29) is 5.91 Å². The molecule has 1 amide bonds. The molecule has 7 heteroatoms. The SMILES string of the molecule is CN=C(NCCCNC(=O)c1cccs1)NCc1ccc(CN2CCCCC2)cc1. The second kappa shape index (κ2) is 12.3. The van der Waals surface area contributed by atoms with E-state index in [4.69, 9.17) is 0 Å².